The van der Waals surface area contributed by atoms with Crippen LogP contribution in [0.15, 0.2) is 48.5 Å². The Balaban J connectivity index is 1.61. The summed E-state index contributed by atoms with van der Waals surface area (Å²) in [5.41, 5.74) is 10.8. The van der Waals surface area contributed by atoms with Gasteiger partial charge in [0.25, 0.3) is 0 Å². The van der Waals surface area contributed by atoms with E-state index in [-0.39, 0.29) is 18.1 Å². The molecule has 1 atom stereocenters. The van der Waals surface area contributed by atoms with Crippen LogP contribution in [0, 0.1) is 29.4 Å². The maximum atomic E-state index is 13.9. The third-order valence-electron chi connectivity index (χ3n) is 6.91. The molecule has 10 heteroatoms. The van der Waals surface area contributed by atoms with Crippen LogP contribution in [0.2, 0.25) is 0 Å². The van der Waals surface area contributed by atoms with Crippen molar-refractivity contribution in [3.63, 3.8) is 0 Å². The predicted molar refractivity (Wildman–Crippen MR) is 150 cm³/mol. The number of pyridine rings is 1. The molecule has 208 valence electrons. The molecule has 0 unspecified atom stereocenters. The van der Waals surface area contributed by atoms with E-state index in [0.29, 0.717) is 46.8 Å². The van der Waals surface area contributed by atoms with Crippen LogP contribution >= 0.6 is 0 Å². The summed E-state index contributed by atoms with van der Waals surface area (Å²) < 4.78 is 59.0. The SMILES string of the molecule is Cn1nc(CS(C)(=O)=O)c2cccc(-c3ccc(C#CC4CCOCC4)nc3[C@@H](N)Cc3cc(F)cc(F)c3)c21. The van der Waals surface area contributed by atoms with Crippen molar-refractivity contribution in [2.75, 3.05) is 19.5 Å². The highest BCUT2D eigenvalue weighted by atomic mass is 32.2. The van der Waals surface area contributed by atoms with Crippen LogP contribution in [0.5, 0.6) is 0 Å². The number of aryl methyl sites for hydroxylation is 1. The Morgan fingerprint density at radius 1 is 1.10 bits per heavy atom. The molecule has 0 saturated carbocycles. The molecule has 2 aromatic carbocycles. The van der Waals surface area contributed by atoms with Gasteiger partial charge < -0.3 is 10.5 Å². The maximum Gasteiger partial charge on any atom is 0.153 e. The Labute approximate surface area is 232 Å². The number of benzene rings is 2. The molecule has 0 bridgehead atoms. The first-order chi connectivity index (χ1) is 19.1. The minimum absolute atomic E-state index is 0.145. The zero-order chi connectivity index (χ0) is 28.4. The van der Waals surface area contributed by atoms with Gasteiger partial charge in [0.15, 0.2) is 9.84 Å². The van der Waals surface area contributed by atoms with Gasteiger partial charge in [0.2, 0.25) is 0 Å². The van der Waals surface area contributed by atoms with Gasteiger partial charge in [0.05, 0.1) is 28.7 Å². The average Bonchev–Trinajstić information content (AvgIpc) is 3.21. The molecule has 40 heavy (non-hydrogen) atoms. The van der Waals surface area contributed by atoms with Crippen LogP contribution in [0.4, 0.5) is 8.78 Å². The number of aromatic nitrogens is 3. The molecule has 0 aliphatic carbocycles. The predicted octanol–water partition coefficient (Wildman–Crippen LogP) is 4.48. The molecule has 2 N–H and O–H groups in total. The van der Waals surface area contributed by atoms with Crippen molar-refractivity contribution < 1.29 is 21.9 Å². The fraction of sp³-hybridized carbons (Fsp3) is 0.333. The summed E-state index contributed by atoms with van der Waals surface area (Å²) in [5.74, 6) is 5.14. The lowest BCUT2D eigenvalue weighted by Gasteiger charge is -2.18. The minimum atomic E-state index is -3.31. The Kier molecular flexibility index (Phi) is 7.99. The van der Waals surface area contributed by atoms with E-state index >= 15 is 0 Å². The van der Waals surface area contributed by atoms with Crippen LogP contribution in [0.1, 0.15) is 41.5 Å². The smallest absolute Gasteiger partial charge is 0.153 e. The lowest BCUT2D eigenvalue weighted by molar-refractivity contribution is 0.0807. The van der Waals surface area contributed by atoms with Crippen LogP contribution in [-0.4, -0.2) is 42.7 Å². The van der Waals surface area contributed by atoms with E-state index in [1.807, 2.05) is 30.3 Å². The summed E-state index contributed by atoms with van der Waals surface area (Å²) in [6.45, 7) is 1.37. The molecule has 1 aliphatic heterocycles. The highest BCUT2D eigenvalue weighted by Gasteiger charge is 2.22. The number of fused-ring (bicyclic) bond motifs is 1. The van der Waals surface area contributed by atoms with Crippen LogP contribution in [0.3, 0.4) is 0 Å². The molecule has 1 fully saturated rings. The van der Waals surface area contributed by atoms with Crippen molar-refractivity contribution in [1.82, 2.24) is 14.8 Å². The Morgan fingerprint density at radius 2 is 1.82 bits per heavy atom. The van der Waals surface area contributed by atoms with Gasteiger partial charge in [0, 0.05) is 55.0 Å². The topological polar surface area (TPSA) is 100 Å². The second-order valence-corrected chi connectivity index (χ2v) is 12.4. The Morgan fingerprint density at radius 3 is 2.52 bits per heavy atom. The number of sulfone groups is 1. The second kappa shape index (κ2) is 11.5. The molecule has 5 rings (SSSR count). The monoisotopic (exact) mass is 564 g/mol. The van der Waals surface area contributed by atoms with Crippen LogP contribution in [-0.2, 0) is 33.8 Å². The molecule has 1 saturated heterocycles. The van der Waals surface area contributed by atoms with Gasteiger partial charge in [-0.3, -0.25) is 4.68 Å². The number of halogens is 2. The molecule has 0 spiro atoms. The van der Waals surface area contributed by atoms with Crippen molar-refractivity contribution in [3.05, 3.63) is 82.8 Å². The highest BCUT2D eigenvalue weighted by Crippen LogP contribution is 2.35. The van der Waals surface area contributed by atoms with Gasteiger partial charge in [-0.05, 0) is 55.0 Å². The van der Waals surface area contributed by atoms with Crippen molar-refractivity contribution in [1.29, 1.82) is 0 Å². The summed E-state index contributed by atoms with van der Waals surface area (Å²) in [6.07, 6.45) is 3.04. The van der Waals surface area contributed by atoms with E-state index < -0.39 is 27.5 Å². The first-order valence-corrected chi connectivity index (χ1v) is 15.1. The number of hydrogen-bond donors (Lipinski definition) is 1. The number of rotatable bonds is 6. The second-order valence-electron chi connectivity index (χ2n) is 10.2. The average molecular weight is 565 g/mol. The van der Waals surface area contributed by atoms with E-state index in [2.05, 4.69) is 16.9 Å². The van der Waals surface area contributed by atoms with Gasteiger partial charge in [-0.15, -0.1) is 0 Å². The first kappa shape index (κ1) is 27.9. The molecular formula is C30H30F2N4O3S. The lowest BCUT2D eigenvalue weighted by Crippen LogP contribution is -2.17. The number of hydrogen-bond acceptors (Lipinski definition) is 6. The minimum Gasteiger partial charge on any atom is -0.381 e. The number of ether oxygens (including phenoxy) is 1. The third kappa shape index (κ3) is 6.39. The third-order valence-corrected chi connectivity index (χ3v) is 7.71. The van der Waals surface area contributed by atoms with Crippen LogP contribution < -0.4 is 5.73 Å². The van der Waals surface area contributed by atoms with E-state index in [1.165, 1.54) is 18.4 Å². The zero-order valence-corrected chi connectivity index (χ0v) is 23.1. The van der Waals surface area contributed by atoms with Gasteiger partial charge in [-0.1, -0.05) is 24.1 Å². The van der Waals surface area contributed by atoms with Gasteiger partial charge in [-0.2, -0.15) is 5.10 Å². The van der Waals surface area contributed by atoms with Crippen molar-refractivity contribution >= 4 is 20.7 Å². The van der Waals surface area contributed by atoms with Crippen molar-refractivity contribution in [2.24, 2.45) is 18.7 Å². The fourth-order valence-corrected chi connectivity index (χ4v) is 5.84. The molecule has 1 aliphatic rings. The lowest BCUT2D eigenvalue weighted by atomic mass is 9.94. The molecule has 0 amide bonds. The van der Waals surface area contributed by atoms with Gasteiger partial charge >= 0.3 is 0 Å². The molecule has 2 aromatic heterocycles. The van der Waals surface area contributed by atoms with Crippen molar-refractivity contribution in [2.45, 2.75) is 31.1 Å². The summed E-state index contributed by atoms with van der Waals surface area (Å²) >= 11 is 0. The first-order valence-electron chi connectivity index (χ1n) is 13.0. The van der Waals surface area contributed by atoms with E-state index in [1.54, 1.807) is 11.7 Å². The normalized spacial score (nSPS) is 15.1. The van der Waals surface area contributed by atoms with Gasteiger partial charge in [-0.25, -0.2) is 22.2 Å². The number of para-hydroxylation sites is 1. The van der Waals surface area contributed by atoms with Crippen molar-refractivity contribution in [3.8, 4) is 23.0 Å². The summed E-state index contributed by atoms with van der Waals surface area (Å²) in [5, 5.41) is 5.20. The summed E-state index contributed by atoms with van der Waals surface area (Å²) in [7, 11) is -1.55. The molecule has 3 heterocycles. The molecule has 7 nitrogen and oxygen atoms in total. The quantitative estimate of drug-likeness (QED) is 0.347. The molecular weight excluding hydrogens is 534 g/mol. The zero-order valence-electron chi connectivity index (χ0n) is 22.3. The van der Waals surface area contributed by atoms with E-state index in [9.17, 15) is 17.2 Å². The molecule has 0 radical (unpaired) electrons. The fourth-order valence-electron chi connectivity index (χ4n) is 5.13. The standard InChI is InChI=1S/C30H30F2N4O3S/c1-36-30-25(4-3-5-26(30)28(35-36)18-40(2,37)38)24-9-8-23(7-6-19-10-12-39-13-11-19)34-29(24)27(33)16-20-14-21(31)17-22(32)15-20/h3-5,8-9,14-15,17,19,27H,10-13,16,18,33H2,1-2H3/t27-/m0/s1. The Bertz CT molecular complexity index is 1710. The van der Waals surface area contributed by atoms with Gasteiger partial charge in [0.1, 0.15) is 17.3 Å². The molecule has 4 aromatic rings. The van der Waals surface area contributed by atoms with E-state index in [0.717, 1.165) is 30.0 Å². The largest absolute Gasteiger partial charge is 0.381 e. The number of nitrogens with zero attached hydrogens (tertiary/aromatic N) is 3. The Hall–Kier alpha value is -3.65. The highest BCUT2D eigenvalue weighted by molar-refractivity contribution is 7.89. The van der Waals surface area contributed by atoms with E-state index in [4.69, 9.17) is 15.5 Å². The maximum absolute atomic E-state index is 13.9. The van der Waals surface area contributed by atoms with Crippen LogP contribution in [0.25, 0.3) is 22.0 Å². The summed E-state index contributed by atoms with van der Waals surface area (Å²) in [6, 6.07) is 11.9. The summed E-state index contributed by atoms with van der Waals surface area (Å²) in [4.78, 5) is 4.83. The number of nitrogens with two attached hydrogens (primary N) is 1.